The summed E-state index contributed by atoms with van der Waals surface area (Å²) < 4.78 is 10.7. The first-order chi connectivity index (χ1) is 13.7. The van der Waals surface area contributed by atoms with Crippen molar-refractivity contribution in [2.45, 2.75) is 32.1 Å². The summed E-state index contributed by atoms with van der Waals surface area (Å²) in [4.78, 5) is 31.1. The van der Waals surface area contributed by atoms with Gasteiger partial charge in [-0.2, -0.15) is 0 Å². The normalized spacial score (nSPS) is 19.7. The van der Waals surface area contributed by atoms with E-state index >= 15 is 0 Å². The molecule has 0 radical (unpaired) electrons. The van der Waals surface area contributed by atoms with Crippen molar-refractivity contribution in [1.82, 2.24) is 14.7 Å². The lowest BCUT2D eigenvalue weighted by molar-refractivity contribution is -0.135. The monoisotopic (exact) mass is 387 g/mol. The smallest absolute Gasteiger partial charge is 0.236 e. The quantitative estimate of drug-likeness (QED) is 0.766. The SMILES string of the molecule is O=C(CCc1ccc2c(c1)OCO2)N1CCN(CC(=O)N2CCCCC2)CC1. The second kappa shape index (κ2) is 8.82. The third-order valence-electron chi connectivity index (χ3n) is 5.86. The maximum Gasteiger partial charge on any atom is 0.236 e. The van der Waals surface area contributed by atoms with E-state index in [1.54, 1.807) is 0 Å². The first kappa shape index (κ1) is 19.1. The molecule has 0 atom stereocenters. The molecule has 3 heterocycles. The van der Waals surface area contributed by atoms with Crippen molar-refractivity contribution in [3.63, 3.8) is 0 Å². The number of amides is 2. The summed E-state index contributed by atoms with van der Waals surface area (Å²) >= 11 is 0. The van der Waals surface area contributed by atoms with E-state index in [4.69, 9.17) is 9.47 Å². The van der Waals surface area contributed by atoms with Crippen LogP contribution in [0.4, 0.5) is 0 Å². The number of carbonyl (C=O) groups excluding carboxylic acids is 2. The van der Waals surface area contributed by atoms with Crippen molar-refractivity contribution in [2.75, 3.05) is 52.6 Å². The minimum Gasteiger partial charge on any atom is -0.454 e. The maximum absolute atomic E-state index is 12.6. The Morgan fingerprint density at radius 1 is 0.821 bits per heavy atom. The van der Waals surface area contributed by atoms with Gasteiger partial charge in [0.15, 0.2) is 11.5 Å². The predicted molar refractivity (Wildman–Crippen MR) is 104 cm³/mol. The number of piperidine rings is 1. The number of hydrogen-bond acceptors (Lipinski definition) is 5. The van der Waals surface area contributed by atoms with Crippen molar-refractivity contribution < 1.29 is 19.1 Å². The van der Waals surface area contributed by atoms with E-state index < -0.39 is 0 Å². The second-order valence-corrected chi connectivity index (χ2v) is 7.79. The van der Waals surface area contributed by atoms with Gasteiger partial charge in [-0.1, -0.05) is 6.07 Å². The minimum atomic E-state index is 0.180. The highest BCUT2D eigenvalue weighted by molar-refractivity contribution is 5.78. The summed E-state index contributed by atoms with van der Waals surface area (Å²) in [5.41, 5.74) is 1.09. The molecule has 152 valence electrons. The molecule has 0 bridgehead atoms. The number of carbonyl (C=O) groups is 2. The first-order valence-electron chi connectivity index (χ1n) is 10.4. The predicted octanol–water partition coefficient (Wildman–Crippen LogP) is 1.50. The molecule has 4 rings (SSSR count). The van der Waals surface area contributed by atoms with Crippen LogP contribution < -0.4 is 9.47 Å². The molecule has 7 nitrogen and oxygen atoms in total. The zero-order chi connectivity index (χ0) is 19.3. The molecule has 0 N–H and O–H groups in total. The first-order valence-corrected chi connectivity index (χ1v) is 10.4. The lowest BCUT2D eigenvalue weighted by atomic mass is 10.1. The molecule has 0 aliphatic carbocycles. The highest BCUT2D eigenvalue weighted by atomic mass is 16.7. The summed E-state index contributed by atoms with van der Waals surface area (Å²) in [6, 6.07) is 5.85. The Hall–Kier alpha value is -2.28. The highest BCUT2D eigenvalue weighted by Crippen LogP contribution is 2.32. The molecule has 3 aliphatic rings. The largest absolute Gasteiger partial charge is 0.454 e. The average Bonchev–Trinajstić information content (AvgIpc) is 3.21. The fourth-order valence-electron chi connectivity index (χ4n) is 4.10. The summed E-state index contributed by atoms with van der Waals surface area (Å²) in [7, 11) is 0. The van der Waals surface area contributed by atoms with Crippen LogP contribution in [0.2, 0.25) is 0 Å². The van der Waals surface area contributed by atoms with Gasteiger partial charge >= 0.3 is 0 Å². The number of rotatable bonds is 5. The van der Waals surface area contributed by atoms with Crippen molar-refractivity contribution >= 4 is 11.8 Å². The highest BCUT2D eigenvalue weighted by Gasteiger charge is 2.24. The minimum absolute atomic E-state index is 0.180. The Balaban J connectivity index is 1.19. The Kier molecular flexibility index (Phi) is 6.00. The van der Waals surface area contributed by atoms with E-state index in [0.29, 0.717) is 32.5 Å². The molecular weight excluding hydrogens is 358 g/mol. The zero-order valence-electron chi connectivity index (χ0n) is 16.4. The van der Waals surface area contributed by atoms with Crippen LogP contribution in [0.5, 0.6) is 11.5 Å². The van der Waals surface area contributed by atoms with Gasteiger partial charge in [0.2, 0.25) is 18.6 Å². The fraction of sp³-hybridized carbons (Fsp3) is 0.619. The van der Waals surface area contributed by atoms with Gasteiger partial charge < -0.3 is 19.3 Å². The number of nitrogens with zero attached hydrogens (tertiary/aromatic N) is 3. The molecule has 7 heteroatoms. The van der Waals surface area contributed by atoms with E-state index in [0.717, 1.165) is 56.1 Å². The van der Waals surface area contributed by atoms with Crippen molar-refractivity contribution in [1.29, 1.82) is 0 Å². The van der Waals surface area contributed by atoms with Gasteiger partial charge in [-0.15, -0.1) is 0 Å². The standard InChI is InChI=1S/C21H29N3O4/c25-20(7-5-17-4-6-18-19(14-17)28-16-27-18)24-12-10-22(11-13-24)15-21(26)23-8-2-1-3-9-23/h4,6,14H,1-3,5,7-13,15-16H2. The van der Waals surface area contributed by atoms with Gasteiger partial charge in [0.25, 0.3) is 0 Å². The van der Waals surface area contributed by atoms with Crippen LogP contribution in [-0.2, 0) is 16.0 Å². The van der Waals surface area contributed by atoms with Crippen LogP contribution in [0.15, 0.2) is 18.2 Å². The topological polar surface area (TPSA) is 62.3 Å². The van der Waals surface area contributed by atoms with Crippen LogP contribution in [0.25, 0.3) is 0 Å². The van der Waals surface area contributed by atoms with Gasteiger partial charge in [0, 0.05) is 45.7 Å². The summed E-state index contributed by atoms with van der Waals surface area (Å²) in [5.74, 6) is 1.95. The molecular formula is C21H29N3O4. The van der Waals surface area contributed by atoms with Crippen LogP contribution in [0, 0.1) is 0 Å². The molecule has 0 saturated carbocycles. The van der Waals surface area contributed by atoms with Gasteiger partial charge in [-0.05, 0) is 43.4 Å². The van der Waals surface area contributed by atoms with Crippen LogP contribution in [-0.4, -0.2) is 79.1 Å². The number of ether oxygens (including phenoxy) is 2. The van der Waals surface area contributed by atoms with E-state index in [1.165, 1.54) is 6.42 Å². The number of fused-ring (bicyclic) bond motifs is 1. The summed E-state index contributed by atoms with van der Waals surface area (Å²) in [6.45, 7) is 5.50. The number of aryl methyl sites for hydroxylation is 1. The van der Waals surface area contributed by atoms with Crippen molar-refractivity contribution in [2.24, 2.45) is 0 Å². The summed E-state index contributed by atoms with van der Waals surface area (Å²) in [5, 5.41) is 0. The molecule has 2 fully saturated rings. The Labute approximate surface area is 166 Å². The number of hydrogen-bond donors (Lipinski definition) is 0. The van der Waals surface area contributed by atoms with Gasteiger partial charge in [0.05, 0.1) is 6.54 Å². The van der Waals surface area contributed by atoms with Crippen LogP contribution >= 0.6 is 0 Å². The average molecular weight is 387 g/mol. The zero-order valence-corrected chi connectivity index (χ0v) is 16.4. The molecule has 0 unspecified atom stereocenters. The number of likely N-dealkylation sites (tertiary alicyclic amines) is 1. The van der Waals surface area contributed by atoms with Crippen molar-refractivity contribution in [3.8, 4) is 11.5 Å². The fourth-order valence-corrected chi connectivity index (χ4v) is 4.10. The van der Waals surface area contributed by atoms with Crippen molar-refractivity contribution in [3.05, 3.63) is 23.8 Å². The Morgan fingerprint density at radius 2 is 1.54 bits per heavy atom. The second-order valence-electron chi connectivity index (χ2n) is 7.79. The van der Waals surface area contributed by atoms with E-state index in [9.17, 15) is 9.59 Å². The maximum atomic E-state index is 12.6. The molecule has 0 spiro atoms. The molecule has 2 amide bonds. The Morgan fingerprint density at radius 3 is 2.32 bits per heavy atom. The molecule has 28 heavy (non-hydrogen) atoms. The third kappa shape index (κ3) is 4.58. The lowest BCUT2D eigenvalue weighted by Crippen LogP contribution is -2.52. The van der Waals surface area contributed by atoms with E-state index in [2.05, 4.69) is 4.90 Å². The third-order valence-corrected chi connectivity index (χ3v) is 5.86. The van der Waals surface area contributed by atoms with E-state index in [1.807, 2.05) is 28.0 Å². The van der Waals surface area contributed by atoms with Gasteiger partial charge in [0.1, 0.15) is 0 Å². The van der Waals surface area contributed by atoms with Gasteiger partial charge in [-0.3, -0.25) is 14.5 Å². The Bertz CT molecular complexity index is 710. The van der Waals surface area contributed by atoms with Crippen LogP contribution in [0.1, 0.15) is 31.2 Å². The lowest BCUT2D eigenvalue weighted by Gasteiger charge is -2.36. The van der Waals surface area contributed by atoms with Gasteiger partial charge in [-0.25, -0.2) is 0 Å². The molecule has 3 aliphatic heterocycles. The molecule has 2 saturated heterocycles. The molecule has 0 aromatic heterocycles. The molecule has 1 aromatic rings. The number of benzene rings is 1. The molecule has 1 aromatic carbocycles. The number of piperazine rings is 1. The summed E-state index contributed by atoms with van der Waals surface area (Å²) in [6.07, 6.45) is 4.67. The van der Waals surface area contributed by atoms with E-state index in [-0.39, 0.29) is 18.6 Å². The van der Waals surface area contributed by atoms with Crippen LogP contribution in [0.3, 0.4) is 0 Å².